The van der Waals surface area contributed by atoms with E-state index in [9.17, 15) is 0 Å². The Morgan fingerprint density at radius 3 is 3.06 bits per heavy atom. The zero-order chi connectivity index (χ0) is 12.5. The van der Waals surface area contributed by atoms with E-state index < -0.39 is 0 Å². The van der Waals surface area contributed by atoms with Crippen LogP contribution < -0.4 is 4.74 Å². The van der Waals surface area contributed by atoms with E-state index in [1.54, 1.807) is 10.6 Å². The first kappa shape index (κ1) is 10.9. The molecule has 0 aliphatic rings. The summed E-state index contributed by atoms with van der Waals surface area (Å²) >= 11 is 5.24. The first-order chi connectivity index (χ1) is 8.79. The first-order valence-corrected chi connectivity index (χ1v) is 5.81. The van der Waals surface area contributed by atoms with Crippen LogP contribution in [0, 0.1) is 4.64 Å². The van der Waals surface area contributed by atoms with Crippen molar-refractivity contribution < 1.29 is 4.74 Å². The molecule has 5 nitrogen and oxygen atoms in total. The van der Waals surface area contributed by atoms with Crippen LogP contribution in [0.3, 0.4) is 0 Å². The molecular weight excluding hydrogens is 248 g/mol. The van der Waals surface area contributed by atoms with Crippen molar-refractivity contribution in [1.29, 1.82) is 0 Å². The highest BCUT2D eigenvalue weighted by molar-refractivity contribution is 7.71. The van der Waals surface area contributed by atoms with Crippen LogP contribution in [0.15, 0.2) is 36.9 Å². The van der Waals surface area contributed by atoms with E-state index in [0.29, 0.717) is 23.0 Å². The van der Waals surface area contributed by atoms with Gasteiger partial charge in [-0.3, -0.25) is 0 Å². The van der Waals surface area contributed by atoms with Gasteiger partial charge in [-0.1, -0.05) is 37.0 Å². The smallest absolute Gasteiger partial charge is 0.312 e. The molecule has 0 aliphatic heterocycles. The van der Waals surface area contributed by atoms with E-state index in [1.807, 2.05) is 24.3 Å². The predicted octanol–water partition coefficient (Wildman–Crippen LogP) is 2.50. The van der Waals surface area contributed by atoms with Crippen molar-refractivity contribution in [1.82, 2.24) is 19.6 Å². The predicted molar refractivity (Wildman–Crippen MR) is 71.4 cm³/mol. The minimum absolute atomic E-state index is 0.388. The molecular formula is C12H10N4OS. The number of nitrogens with one attached hydrogen (secondary N) is 1. The summed E-state index contributed by atoms with van der Waals surface area (Å²) in [5, 5.41) is 3.93. The molecule has 1 N–H and O–H groups in total. The molecule has 0 aliphatic carbocycles. The van der Waals surface area contributed by atoms with Gasteiger partial charge in [-0.15, -0.1) is 0 Å². The van der Waals surface area contributed by atoms with Gasteiger partial charge in [0.1, 0.15) is 11.2 Å². The van der Waals surface area contributed by atoms with Crippen LogP contribution in [-0.4, -0.2) is 26.2 Å². The second kappa shape index (κ2) is 4.23. The largest absolute Gasteiger partial charge is 0.460 e. The summed E-state index contributed by atoms with van der Waals surface area (Å²) in [5.41, 5.74) is 0.924. The van der Waals surface area contributed by atoms with E-state index in [-0.39, 0.29) is 0 Å². The number of benzene rings is 1. The van der Waals surface area contributed by atoms with Gasteiger partial charge in [0.2, 0.25) is 0 Å². The summed E-state index contributed by atoms with van der Waals surface area (Å²) in [4.78, 5) is 8.48. The molecule has 1 aromatic carbocycles. The summed E-state index contributed by atoms with van der Waals surface area (Å²) in [5.74, 6) is 0.498. The highest BCUT2D eigenvalue weighted by Gasteiger charge is 2.07. The Bertz CT molecular complexity index is 789. The Labute approximate surface area is 108 Å². The normalized spacial score (nSPS) is 10.9. The van der Waals surface area contributed by atoms with Gasteiger partial charge in [-0.25, -0.2) is 9.61 Å². The van der Waals surface area contributed by atoms with Gasteiger partial charge in [-0.2, -0.15) is 9.97 Å². The Kier molecular flexibility index (Phi) is 2.56. The second-order valence-electron chi connectivity index (χ2n) is 3.70. The molecule has 0 atom stereocenters. The van der Waals surface area contributed by atoms with E-state index in [0.717, 1.165) is 10.9 Å². The van der Waals surface area contributed by atoms with Crippen LogP contribution in [0.1, 0.15) is 0 Å². The Morgan fingerprint density at radius 2 is 2.22 bits per heavy atom. The van der Waals surface area contributed by atoms with Gasteiger partial charge in [-0.05, 0) is 12.1 Å². The second-order valence-corrected chi connectivity index (χ2v) is 4.08. The molecule has 0 radical (unpaired) electrons. The minimum Gasteiger partial charge on any atom is -0.460 e. The minimum atomic E-state index is 0.388. The van der Waals surface area contributed by atoms with Crippen molar-refractivity contribution in [2.24, 2.45) is 0 Å². The zero-order valence-corrected chi connectivity index (χ0v) is 10.3. The summed E-state index contributed by atoms with van der Waals surface area (Å²) in [7, 11) is 0. The number of nitrogens with zero attached hydrogens (tertiary/aromatic N) is 3. The van der Waals surface area contributed by atoms with Crippen molar-refractivity contribution in [3.8, 4) is 6.01 Å². The van der Waals surface area contributed by atoms with Crippen molar-refractivity contribution >= 4 is 28.9 Å². The molecule has 3 aromatic rings. The van der Waals surface area contributed by atoms with Gasteiger partial charge in [0.15, 0.2) is 0 Å². The van der Waals surface area contributed by atoms with Crippen molar-refractivity contribution in [3.63, 3.8) is 0 Å². The molecule has 2 heterocycles. The molecule has 6 heteroatoms. The number of aromatic nitrogens is 4. The number of hydrogen-bond acceptors (Lipinski definition) is 4. The number of rotatable bonds is 3. The molecule has 0 bridgehead atoms. The van der Waals surface area contributed by atoms with E-state index in [2.05, 4.69) is 21.6 Å². The number of para-hydroxylation sites is 1. The number of ether oxygens (including phenoxy) is 1. The molecule has 18 heavy (non-hydrogen) atoms. The fourth-order valence-electron chi connectivity index (χ4n) is 1.76. The fraction of sp³-hybridized carbons (Fsp3) is 0.0833. The third kappa shape index (κ3) is 1.67. The van der Waals surface area contributed by atoms with Crippen LogP contribution in [0.4, 0.5) is 0 Å². The molecule has 0 amide bonds. The van der Waals surface area contributed by atoms with Crippen molar-refractivity contribution in [2.75, 3.05) is 6.61 Å². The van der Waals surface area contributed by atoms with Crippen LogP contribution in [0.5, 0.6) is 6.01 Å². The molecule has 3 rings (SSSR count). The van der Waals surface area contributed by atoms with E-state index >= 15 is 0 Å². The SMILES string of the molecule is C=CCOc1nc2nc(=S)c3ccccc3n2[nH]1. The Hall–Kier alpha value is -2.21. The average Bonchev–Trinajstić information content (AvgIpc) is 2.80. The number of aromatic amines is 1. The molecule has 0 spiro atoms. The molecule has 0 saturated carbocycles. The summed E-state index contributed by atoms with van der Waals surface area (Å²) in [6.07, 6.45) is 1.65. The lowest BCUT2D eigenvalue weighted by Gasteiger charge is -1.99. The highest BCUT2D eigenvalue weighted by Crippen LogP contribution is 2.16. The van der Waals surface area contributed by atoms with Crippen LogP contribution in [0.2, 0.25) is 0 Å². The van der Waals surface area contributed by atoms with Gasteiger partial charge >= 0.3 is 6.01 Å². The topological polar surface area (TPSA) is 55.2 Å². The third-order valence-corrected chi connectivity index (χ3v) is 2.84. The number of fused-ring (bicyclic) bond motifs is 3. The third-order valence-electron chi connectivity index (χ3n) is 2.52. The summed E-state index contributed by atoms with van der Waals surface area (Å²) < 4.78 is 7.64. The number of H-pyrrole nitrogens is 1. The van der Waals surface area contributed by atoms with E-state index in [4.69, 9.17) is 17.0 Å². The fourth-order valence-corrected chi connectivity index (χ4v) is 2.01. The quantitative estimate of drug-likeness (QED) is 0.579. The van der Waals surface area contributed by atoms with Gasteiger partial charge in [0, 0.05) is 5.39 Å². The Morgan fingerprint density at radius 1 is 1.39 bits per heavy atom. The lowest BCUT2D eigenvalue weighted by Crippen LogP contribution is -1.95. The molecule has 0 saturated heterocycles. The lowest BCUT2D eigenvalue weighted by molar-refractivity contribution is 0.334. The highest BCUT2D eigenvalue weighted by atomic mass is 32.1. The molecule has 90 valence electrons. The van der Waals surface area contributed by atoms with Crippen molar-refractivity contribution in [3.05, 3.63) is 41.6 Å². The molecule has 0 fully saturated rings. The van der Waals surface area contributed by atoms with Crippen LogP contribution in [-0.2, 0) is 0 Å². The standard InChI is InChI=1S/C12H10N4OS/c1-2-7-17-12-14-11-13-10(18)8-5-3-4-6-9(8)16(11)15-12/h2-6H,1,7H2,(H,13,14,15,18). The van der Waals surface area contributed by atoms with Gasteiger partial charge in [0.05, 0.1) is 5.52 Å². The number of hydrogen-bond donors (Lipinski definition) is 1. The maximum absolute atomic E-state index is 5.35. The van der Waals surface area contributed by atoms with Gasteiger partial charge < -0.3 is 4.74 Å². The van der Waals surface area contributed by atoms with Crippen LogP contribution in [0.25, 0.3) is 16.7 Å². The lowest BCUT2D eigenvalue weighted by atomic mass is 10.2. The maximum atomic E-state index is 5.35. The molecule has 2 aromatic heterocycles. The average molecular weight is 258 g/mol. The van der Waals surface area contributed by atoms with Gasteiger partial charge in [0.25, 0.3) is 5.78 Å². The van der Waals surface area contributed by atoms with E-state index in [1.165, 1.54) is 0 Å². The Balaban J connectivity index is 2.29. The maximum Gasteiger partial charge on any atom is 0.312 e. The zero-order valence-electron chi connectivity index (χ0n) is 9.46. The first-order valence-electron chi connectivity index (χ1n) is 5.41. The summed E-state index contributed by atoms with van der Waals surface area (Å²) in [6.45, 7) is 3.98. The molecule has 0 unspecified atom stereocenters. The monoisotopic (exact) mass is 258 g/mol. The van der Waals surface area contributed by atoms with Crippen LogP contribution >= 0.6 is 12.2 Å². The summed E-state index contributed by atoms with van der Waals surface area (Å²) in [6, 6.07) is 8.15. The van der Waals surface area contributed by atoms with Crippen molar-refractivity contribution in [2.45, 2.75) is 0 Å².